The Morgan fingerprint density at radius 1 is 0.615 bits per heavy atom. The molecule has 2 fully saturated rings. The number of hydrogen-bond donors (Lipinski definition) is 0. The lowest BCUT2D eigenvalue weighted by Crippen LogP contribution is -2.26. The summed E-state index contributed by atoms with van der Waals surface area (Å²) >= 11 is 0. The minimum Gasteiger partial charge on any atom is -0.337 e. The average molecular weight is 346 g/mol. The SMILES string of the molecule is CC1CCC(C2CCC(n3c4ccccc4c4ccccc43)CC2)CC1. The molecular weight excluding hydrogens is 314 g/mol. The molecule has 0 unspecified atom stereocenters. The van der Waals surface area contributed by atoms with Crippen LogP contribution >= 0.6 is 0 Å². The highest BCUT2D eigenvalue weighted by atomic mass is 15.0. The van der Waals surface area contributed by atoms with E-state index in [1.807, 2.05) is 0 Å². The Labute approximate surface area is 157 Å². The Morgan fingerprint density at radius 2 is 1.08 bits per heavy atom. The molecule has 0 spiro atoms. The van der Waals surface area contributed by atoms with Crippen molar-refractivity contribution in [3.05, 3.63) is 48.5 Å². The highest BCUT2D eigenvalue weighted by Crippen LogP contribution is 2.44. The lowest BCUT2D eigenvalue weighted by Gasteiger charge is -2.38. The highest BCUT2D eigenvalue weighted by Gasteiger charge is 2.31. The van der Waals surface area contributed by atoms with Gasteiger partial charge in [-0.2, -0.15) is 0 Å². The maximum atomic E-state index is 2.67. The molecule has 0 aliphatic heterocycles. The smallest absolute Gasteiger partial charge is 0.0493 e. The molecule has 0 N–H and O–H groups in total. The van der Waals surface area contributed by atoms with Crippen molar-refractivity contribution in [2.24, 2.45) is 17.8 Å². The van der Waals surface area contributed by atoms with Crippen LogP contribution in [-0.2, 0) is 0 Å². The first-order chi connectivity index (χ1) is 12.8. The molecule has 0 bridgehead atoms. The van der Waals surface area contributed by atoms with Crippen LogP contribution in [0.2, 0.25) is 0 Å². The maximum Gasteiger partial charge on any atom is 0.0493 e. The number of fused-ring (bicyclic) bond motifs is 3. The van der Waals surface area contributed by atoms with E-state index in [0.29, 0.717) is 6.04 Å². The summed E-state index contributed by atoms with van der Waals surface area (Å²) < 4.78 is 2.67. The molecule has 26 heavy (non-hydrogen) atoms. The molecular formula is C25H31N. The summed E-state index contributed by atoms with van der Waals surface area (Å²) in [6, 6.07) is 18.7. The summed E-state index contributed by atoms with van der Waals surface area (Å²) in [5, 5.41) is 2.85. The topological polar surface area (TPSA) is 4.93 Å². The monoisotopic (exact) mass is 345 g/mol. The Balaban J connectivity index is 1.41. The Morgan fingerprint density at radius 3 is 1.62 bits per heavy atom. The largest absolute Gasteiger partial charge is 0.337 e. The van der Waals surface area contributed by atoms with E-state index in [-0.39, 0.29) is 0 Å². The van der Waals surface area contributed by atoms with Crippen molar-refractivity contribution in [2.45, 2.75) is 64.3 Å². The van der Waals surface area contributed by atoms with Gasteiger partial charge >= 0.3 is 0 Å². The minimum absolute atomic E-state index is 0.679. The standard InChI is InChI=1S/C25H31N/c1-18-10-12-19(13-11-18)20-14-16-21(17-15-20)26-24-8-4-2-6-22(24)23-7-3-5-9-25(23)26/h2-9,18-21H,10-17H2,1H3. The fourth-order valence-corrected chi connectivity index (χ4v) is 5.93. The van der Waals surface area contributed by atoms with E-state index in [2.05, 4.69) is 60.0 Å². The van der Waals surface area contributed by atoms with Crippen molar-refractivity contribution >= 4 is 21.8 Å². The molecule has 2 aromatic carbocycles. The van der Waals surface area contributed by atoms with Crippen molar-refractivity contribution in [3.8, 4) is 0 Å². The molecule has 0 saturated heterocycles. The molecule has 3 aromatic rings. The molecule has 1 heteroatoms. The molecule has 136 valence electrons. The minimum atomic E-state index is 0.679. The summed E-state index contributed by atoms with van der Waals surface area (Å²) in [4.78, 5) is 0. The fraction of sp³-hybridized carbons (Fsp3) is 0.520. The predicted octanol–water partition coefficient (Wildman–Crippen LogP) is 7.35. The third kappa shape index (κ3) is 2.76. The van der Waals surface area contributed by atoms with E-state index in [4.69, 9.17) is 0 Å². The van der Waals surface area contributed by atoms with E-state index < -0.39 is 0 Å². The predicted molar refractivity (Wildman–Crippen MR) is 112 cm³/mol. The molecule has 2 saturated carbocycles. The van der Waals surface area contributed by atoms with Crippen molar-refractivity contribution in [1.82, 2.24) is 4.57 Å². The summed E-state index contributed by atoms with van der Waals surface area (Å²) in [6.07, 6.45) is 11.5. The van der Waals surface area contributed by atoms with Crippen molar-refractivity contribution in [2.75, 3.05) is 0 Å². The van der Waals surface area contributed by atoms with Crippen LogP contribution in [0.25, 0.3) is 21.8 Å². The van der Waals surface area contributed by atoms with Crippen LogP contribution in [0.4, 0.5) is 0 Å². The van der Waals surface area contributed by atoms with Gasteiger partial charge in [0, 0.05) is 27.8 Å². The van der Waals surface area contributed by atoms with Gasteiger partial charge in [-0.3, -0.25) is 0 Å². The van der Waals surface area contributed by atoms with Crippen LogP contribution in [0.1, 0.15) is 64.3 Å². The van der Waals surface area contributed by atoms with Crippen LogP contribution in [0.5, 0.6) is 0 Å². The van der Waals surface area contributed by atoms with Gasteiger partial charge in [0.25, 0.3) is 0 Å². The lowest BCUT2D eigenvalue weighted by molar-refractivity contribution is 0.154. The summed E-state index contributed by atoms with van der Waals surface area (Å²) in [6.45, 7) is 2.44. The van der Waals surface area contributed by atoms with Crippen molar-refractivity contribution < 1.29 is 0 Å². The Bertz CT molecular complexity index is 836. The lowest BCUT2D eigenvalue weighted by atomic mass is 9.70. The molecule has 1 heterocycles. The second-order valence-electron chi connectivity index (χ2n) is 8.99. The third-order valence-corrected chi connectivity index (χ3v) is 7.45. The van der Waals surface area contributed by atoms with Gasteiger partial charge < -0.3 is 4.57 Å². The Kier molecular flexibility index (Phi) is 4.27. The highest BCUT2D eigenvalue weighted by molar-refractivity contribution is 6.08. The van der Waals surface area contributed by atoms with Gasteiger partial charge in [0.15, 0.2) is 0 Å². The van der Waals surface area contributed by atoms with Crippen LogP contribution < -0.4 is 0 Å². The Hall–Kier alpha value is -1.76. The first-order valence-corrected chi connectivity index (χ1v) is 10.8. The normalized spacial score (nSPS) is 30.0. The van der Waals surface area contributed by atoms with Crippen LogP contribution in [0.3, 0.4) is 0 Å². The van der Waals surface area contributed by atoms with E-state index >= 15 is 0 Å². The number of nitrogens with zero attached hydrogens (tertiary/aromatic N) is 1. The van der Waals surface area contributed by atoms with Gasteiger partial charge in [0.05, 0.1) is 0 Å². The molecule has 0 atom stereocenters. The molecule has 2 aliphatic carbocycles. The molecule has 1 nitrogen and oxygen atoms in total. The second kappa shape index (κ2) is 6.76. The van der Waals surface area contributed by atoms with E-state index in [1.54, 1.807) is 0 Å². The zero-order valence-electron chi connectivity index (χ0n) is 16.0. The van der Waals surface area contributed by atoms with Crippen LogP contribution in [0.15, 0.2) is 48.5 Å². The van der Waals surface area contributed by atoms with Crippen LogP contribution in [0, 0.1) is 17.8 Å². The summed E-state index contributed by atoms with van der Waals surface area (Å²) in [7, 11) is 0. The molecule has 0 radical (unpaired) electrons. The molecule has 5 rings (SSSR count). The first kappa shape index (κ1) is 16.4. The summed E-state index contributed by atoms with van der Waals surface area (Å²) in [5.74, 6) is 2.98. The fourth-order valence-electron chi connectivity index (χ4n) is 5.93. The van der Waals surface area contributed by atoms with Gasteiger partial charge in [-0.05, 0) is 68.4 Å². The van der Waals surface area contributed by atoms with Gasteiger partial charge in [0.2, 0.25) is 0 Å². The van der Waals surface area contributed by atoms with E-state index in [1.165, 1.54) is 73.2 Å². The number of rotatable bonds is 2. The zero-order valence-corrected chi connectivity index (χ0v) is 16.0. The van der Waals surface area contributed by atoms with E-state index in [9.17, 15) is 0 Å². The van der Waals surface area contributed by atoms with Crippen molar-refractivity contribution in [3.63, 3.8) is 0 Å². The quantitative estimate of drug-likeness (QED) is 0.457. The number of aromatic nitrogens is 1. The van der Waals surface area contributed by atoms with Crippen LogP contribution in [-0.4, -0.2) is 4.57 Å². The van der Waals surface area contributed by atoms with Gasteiger partial charge in [0.1, 0.15) is 0 Å². The number of hydrogen-bond acceptors (Lipinski definition) is 0. The molecule has 2 aliphatic rings. The van der Waals surface area contributed by atoms with Gasteiger partial charge in [-0.25, -0.2) is 0 Å². The molecule has 0 amide bonds. The van der Waals surface area contributed by atoms with Crippen molar-refractivity contribution in [1.29, 1.82) is 0 Å². The molecule has 1 aromatic heterocycles. The number of para-hydroxylation sites is 2. The summed E-state index contributed by atoms with van der Waals surface area (Å²) in [5.41, 5.74) is 2.87. The average Bonchev–Trinajstić information content (AvgIpc) is 3.03. The van der Waals surface area contributed by atoms with Gasteiger partial charge in [-0.15, -0.1) is 0 Å². The maximum absolute atomic E-state index is 2.67. The zero-order chi connectivity index (χ0) is 17.5. The third-order valence-electron chi connectivity index (χ3n) is 7.45. The first-order valence-electron chi connectivity index (χ1n) is 10.8. The number of benzene rings is 2. The second-order valence-corrected chi connectivity index (χ2v) is 8.99. The van der Waals surface area contributed by atoms with Gasteiger partial charge in [-0.1, -0.05) is 56.2 Å². The van der Waals surface area contributed by atoms with E-state index in [0.717, 1.165) is 17.8 Å².